The molecular formula is C19H24N2O5. The van der Waals surface area contributed by atoms with Crippen LogP contribution in [0.3, 0.4) is 0 Å². The molecule has 0 heterocycles. The van der Waals surface area contributed by atoms with Gasteiger partial charge < -0.3 is 20.5 Å². The van der Waals surface area contributed by atoms with Gasteiger partial charge in [0.1, 0.15) is 11.2 Å². The average molecular weight is 360 g/mol. The first-order valence-electron chi connectivity index (χ1n) is 9.00. The largest absolute Gasteiger partial charge is 0.495 e. The minimum atomic E-state index is -1.31. The van der Waals surface area contributed by atoms with Crippen LogP contribution in [0.15, 0.2) is 18.2 Å². The second-order valence-electron chi connectivity index (χ2n) is 7.08. The third-order valence-corrected chi connectivity index (χ3v) is 5.29. The number of carbonyl (C=O) groups excluding carboxylic acids is 2. The van der Waals surface area contributed by atoms with Gasteiger partial charge in [0.15, 0.2) is 0 Å². The summed E-state index contributed by atoms with van der Waals surface area (Å²) >= 11 is 0. The summed E-state index contributed by atoms with van der Waals surface area (Å²) in [5.74, 6) is -1.19. The zero-order valence-electron chi connectivity index (χ0n) is 14.8. The summed E-state index contributed by atoms with van der Waals surface area (Å²) in [6.07, 6.45) is 5.73. The highest BCUT2D eigenvalue weighted by Gasteiger charge is 2.57. The number of carboxylic acids is 1. The molecule has 0 radical (unpaired) electrons. The Morgan fingerprint density at radius 3 is 2.38 bits per heavy atom. The van der Waals surface area contributed by atoms with E-state index in [0.717, 1.165) is 25.7 Å². The summed E-state index contributed by atoms with van der Waals surface area (Å²) in [4.78, 5) is 36.0. The maximum Gasteiger partial charge on any atom is 0.319 e. The van der Waals surface area contributed by atoms with Crippen molar-refractivity contribution in [3.8, 4) is 5.75 Å². The molecule has 2 saturated carbocycles. The van der Waals surface area contributed by atoms with Crippen LogP contribution in [0.25, 0.3) is 0 Å². The molecule has 140 valence electrons. The highest BCUT2D eigenvalue weighted by atomic mass is 16.5. The fourth-order valence-corrected chi connectivity index (χ4v) is 3.40. The molecule has 2 fully saturated rings. The highest BCUT2D eigenvalue weighted by molar-refractivity contribution is 6.11. The van der Waals surface area contributed by atoms with Crippen LogP contribution in [0.5, 0.6) is 5.75 Å². The third-order valence-electron chi connectivity index (χ3n) is 5.29. The van der Waals surface area contributed by atoms with Crippen LogP contribution in [0.1, 0.15) is 44.9 Å². The van der Waals surface area contributed by atoms with E-state index in [0.29, 0.717) is 30.0 Å². The zero-order chi connectivity index (χ0) is 18.7. The molecule has 0 bridgehead atoms. The van der Waals surface area contributed by atoms with Gasteiger partial charge in [-0.2, -0.15) is 0 Å². The van der Waals surface area contributed by atoms with Crippen LogP contribution in [0.2, 0.25) is 0 Å². The van der Waals surface area contributed by atoms with E-state index in [4.69, 9.17) is 4.74 Å². The van der Waals surface area contributed by atoms with Gasteiger partial charge in [-0.3, -0.25) is 14.4 Å². The Morgan fingerprint density at radius 1 is 1.12 bits per heavy atom. The minimum Gasteiger partial charge on any atom is -0.495 e. The van der Waals surface area contributed by atoms with Crippen LogP contribution < -0.4 is 15.4 Å². The first-order chi connectivity index (χ1) is 12.5. The first-order valence-corrected chi connectivity index (χ1v) is 9.00. The van der Waals surface area contributed by atoms with Gasteiger partial charge in [-0.15, -0.1) is 0 Å². The number of carboxylic acid groups (broad SMARTS) is 1. The number of nitrogens with one attached hydrogen (secondary N) is 2. The molecule has 2 aliphatic rings. The van der Waals surface area contributed by atoms with Gasteiger partial charge in [-0.05, 0) is 43.9 Å². The molecular weight excluding hydrogens is 336 g/mol. The smallest absolute Gasteiger partial charge is 0.319 e. The molecule has 0 unspecified atom stereocenters. The lowest BCUT2D eigenvalue weighted by atomic mass is 9.88. The molecule has 0 aliphatic heterocycles. The maximum absolute atomic E-state index is 12.5. The number of benzene rings is 1. The van der Waals surface area contributed by atoms with Gasteiger partial charge in [0.05, 0.1) is 12.8 Å². The van der Waals surface area contributed by atoms with E-state index in [9.17, 15) is 19.5 Å². The summed E-state index contributed by atoms with van der Waals surface area (Å²) in [6.45, 7) is 0. The molecule has 3 N–H and O–H groups in total. The van der Waals surface area contributed by atoms with Crippen molar-refractivity contribution in [2.24, 2.45) is 11.3 Å². The summed E-state index contributed by atoms with van der Waals surface area (Å²) in [5, 5.41) is 14.7. The Morgan fingerprint density at radius 2 is 1.81 bits per heavy atom. The molecule has 0 atom stereocenters. The molecule has 3 rings (SSSR count). The van der Waals surface area contributed by atoms with Gasteiger partial charge in [0.25, 0.3) is 0 Å². The van der Waals surface area contributed by atoms with Crippen LogP contribution in [-0.2, 0) is 14.4 Å². The minimum absolute atomic E-state index is 0.00607. The van der Waals surface area contributed by atoms with E-state index in [2.05, 4.69) is 10.6 Å². The number of carbonyl (C=O) groups is 3. The third kappa shape index (κ3) is 3.66. The van der Waals surface area contributed by atoms with Crippen LogP contribution in [0.4, 0.5) is 11.4 Å². The monoisotopic (exact) mass is 360 g/mol. The maximum atomic E-state index is 12.5. The van der Waals surface area contributed by atoms with E-state index in [1.54, 1.807) is 18.2 Å². The molecule has 0 saturated heterocycles. The number of ether oxygens (including phenoxy) is 1. The summed E-state index contributed by atoms with van der Waals surface area (Å²) in [7, 11) is 1.51. The lowest BCUT2D eigenvalue weighted by Crippen LogP contribution is -2.31. The fraction of sp³-hybridized carbons (Fsp3) is 0.526. The predicted molar refractivity (Wildman–Crippen MR) is 96.1 cm³/mol. The summed E-state index contributed by atoms with van der Waals surface area (Å²) < 4.78 is 5.29. The van der Waals surface area contributed by atoms with Crippen molar-refractivity contribution in [3.05, 3.63) is 18.2 Å². The van der Waals surface area contributed by atoms with Crippen LogP contribution in [-0.4, -0.2) is 30.0 Å². The number of aliphatic carboxylic acids is 1. The van der Waals surface area contributed by atoms with Gasteiger partial charge in [0.2, 0.25) is 11.8 Å². The molecule has 0 aromatic heterocycles. The molecule has 7 nitrogen and oxygen atoms in total. The highest BCUT2D eigenvalue weighted by Crippen LogP contribution is 2.47. The predicted octanol–water partition coefficient (Wildman–Crippen LogP) is 3.02. The molecule has 1 aromatic carbocycles. The van der Waals surface area contributed by atoms with E-state index in [1.807, 2.05) is 0 Å². The van der Waals surface area contributed by atoms with Crippen molar-refractivity contribution in [2.45, 2.75) is 44.9 Å². The number of amides is 2. The second-order valence-corrected chi connectivity index (χ2v) is 7.08. The Hall–Kier alpha value is -2.57. The van der Waals surface area contributed by atoms with Gasteiger partial charge >= 0.3 is 5.97 Å². The quantitative estimate of drug-likeness (QED) is 0.677. The second kappa shape index (κ2) is 7.35. The van der Waals surface area contributed by atoms with Crippen molar-refractivity contribution in [1.82, 2.24) is 0 Å². The molecule has 0 spiro atoms. The van der Waals surface area contributed by atoms with E-state index in [-0.39, 0.29) is 11.8 Å². The number of methoxy groups -OCH3 is 1. The lowest BCUT2D eigenvalue weighted by molar-refractivity contribution is -0.147. The lowest BCUT2D eigenvalue weighted by Gasteiger charge is -2.21. The number of anilines is 2. The van der Waals surface area contributed by atoms with E-state index < -0.39 is 17.3 Å². The number of rotatable bonds is 6. The Bertz CT molecular complexity index is 721. The van der Waals surface area contributed by atoms with Gasteiger partial charge in [-0.1, -0.05) is 19.3 Å². The SMILES string of the molecule is COc1ccc(NC(=O)C2(C(=O)O)CC2)cc1NC(=O)C1CCCCC1. The van der Waals surface area contributed by atoms with Crippen molar-refractivity contribution < 1.29 is 24.2 Å². The van der Waals surface area contributed by atoms with Gasteiger partial charge in [-0.25, -0.2) is 0 Å². The normalized spacial score (nSPS) is 18.7. The van der Waals surface area contributed by atoms with Crippen molar-refractivity contribution in [1.29, 1.82) is 0 Å². The Kier molecular flexibility index (Phi) is 5.15. The topological polar surface area (TPSA) is 105 Å². The van der Waals surface area contributed by atoms with Crippen molar-refractivity contribution in [3.63, 3.8) is 0 Å². The van der Waals surface area contributed by atoms with Gasteiger partial charge in [0, 0.05) is 11.6 Å². The van der Waals surface area contributed by atoms with Crippen LogP contribution in [0, 0.1) is 11.3 Å². The number of hydrogen-bond donors (Lipinski definition) is 3. The van der Waals surface area contributed by atoms with Crippen molar-refractivity contribution >= 4 is 29.2 Å². The summed E-state index contributed by atoms with van der Waals surface area (Å²) in [6, 6.07) is 4.88. The van der Waals surface area contributed by atoms with Crippen molar-refractivity contribution in [2.75, 3.05) is 17.7 Å². The van der Waals surface area contributed by atoms with Crippen LogP contribution >= 0.6 is 0 Å². The fourth-order valence-electron chi connectivity index (χ4n) is 3.40. The standard InChI is InChI=1S/C19H24N2O5/c1-26-15-8-7-13(20-17(23)19(9-10-19)18(24)25)11-14(15)21-16(22)12-5-3-2-4-6-12/h7-8,11-12H,2-6,9-10H2,1H3,(H,20,23)(H,21,22)(H,24,25). The summed E-state index contributed by atoms with van der Waals surface area (Å²) in [5.41, 5.74) is -0.408. The molecule has 1 aromatic rings. The molecule has 7 heteroatoms. The van der Waals surface area contributed by atoms with E-state index >= 15 is 0 Å². The first kappa shape index (κ1) is 18.2. The number of hydrogen-bond acceptors (Lipinski definition) is 4. The Labute approximate surface area is 152 Å². The molecule has 2 aliphatic carbocycles. The average Bonchev–Trinajstić information content (AvgIpc) is 3.45. The Balaban J connectivity index is 1.73. The van der Waals surface area contributed by atoms with E-state index in [1.165, 1.54) is 13.5 Å². The molecule has 2 amide bonds. The zero-order valence-corrected chi connectivity index (χ0v) is 14.8. The molecule has 26 heavy (non-hydrogen) atoms.